The van der Waals surface area contributed by atoms with Gasteiger partial charge in [-0.1, -0.05) is 78.2 Å². The van der Waals surface area contributed by atoms with Gasteiger partial charge in [0.25, 0.3) is 0 Å². The highest BCUT2D eigenvalue weighted by Crippen LogP contribution is 2.32. The van der Waals surface area contributed by atoms with Gasteiger partial charge < -0.3 is 18.8 Å². The van der Waals surface area contributed by atoms with Crippen LogP contribution >= 0.6 is 0 Å². The predicted molar refractivity (Wildman–Crippen MR) is 181 cm³/mol. The van der Waals surface area contributed by atoms with Crippen molar-refractivity contribution >= 4 is 5.97 Å². The van der Waals surface area contributed by atoms with Gasteiger partial charge >= 0.3 is 12.1 Å². The average Bonchev–Trinajstić information content (AvgIpc) is 3.46. The van der Waals surface area contributed by atoms with E-state index in [4.69, 9.17) is 14.2 Å². The lowest BCUT2D eigenvalue weighted by molar-refractivity contribution is -0.152. The predicted octanol–water partition coefficient (Wildman–Crippen LogP) is 9.83. The molecule has 0 saturated heterocycles. The van der Waals surface area contributed by atoms with Crippen LogP contribution in [-0.2, 0) is 27.2 Å². The zero-order chi connectivity index (χ0) is 35.4. The number of carbonyl (C=O) groups excluding carboxylic acids is 1. The number of methoxy groups -OCH3 is 1. The molecule has 3 aromatic rings. The summed E-state index contributed by atoms with van der Waals surface area (Å²) in [5.74, 6) is 0.0607. The van der Waals surface area contributed by atoms with Gasteiger partial charge in [0.15, 0.2) is 11.5 Å². The second kappa shape index (κ2) is 17.8. The molecule has 266 valence electrons. The number of hydrogen-bond acceptors (Lipinski definition) is 7. The fourth-order valence-electron chi connectivity index (χ4n) is 5.30. The van der Waals surface area contributed by atoms with Crippen LogP contribution in [0.15, 0.2) is 36.8 Å². The highest BCUT2D eigenvalue weighted by Gasteiger charge is 2.35. The van der Waals surface area contributed by atoms with Crippen molar-refractivity contribution in [1.29, 1.82) is 0 Å². The van der Waals surface area contributed by atoms with Crippen molar-refractivity contribution in [3.8, 4) is 28.5 Å². The number of aromatic nitrogens is 4. The molecule has 0 aliphatic heterocycles. The molecule has 0 radical (unpaired) electrons. The van der Waals surface area contributed by atoms with Crippen LogP contribution in [-0.4, -0.2) is 45.8 Å². The monoisotopic (exact) mass is 674 g/mol. The normalized spacial score (nSPS) is 12.4. The van der Waals surface area contributed by atoms with Gasteiger partial charge in [-0.15, -0.1) is 0 Å². The molecule has 3 heterocycles. The summed E-state index contributed by atoms with van der Waals surface area (Å²) in [5.41, 5.74) is 1.26. The van der Waals surface area contributed by atoms with Crippen molar-refractivity contribution < 1.29 is 32.2 Å². The average molecular weight is 675 g/mol. The van der Waals surface area contributed by atoms with E-state index < -0.39 is 17.3 Å². The minimum absolute atomic E-state index is 0.0479. The van der Waals surface area contributed by atoms with E-state index in [-0.39, 0.29) is 25.1 Å². The van der Waals surface area contributed by atoms with E-state index in [9.17, 15) is 18.0 Å². The maximum atomic E-state index is 13.6. The number of alkyl halides is 3. The Kier molecular flexibility index (Phi) is 14.4. The molecule has 0 saturated carbocycles. The summed E-state index contributed by atoms with van der Waals surface area (Å²) in [6.45, 7) is 12.7. The first-order valence-electron chi connectivity index (χ1n) is 17.0. The Morgan fingerprint density at radius 2 is 1.52 bits per heavy atom. The highest BCUT2D eigenvalue weighted by atomic mass is 19.4. The third kappa shape index (κ3) is 12.5. The Bertz CT molecular complexity index is 1430. The van der Waals surface area contributed by atoms with Crippen LogP contribution in [0.5, 0.6) is 5.88 Å². The Morgan fingerprint density at radius 1 is 0.875 bits per heavy atom. The summed E-state index contributed by atoms with van der Waals surface area (Å²) in [4.78, 5) is 24.6. The number of pyridine rings is 2. The lowest BCUT2D eigenvalue weighted by Crippen LogP contribution is -2.32. The van der Waals surface area contributed by atoms with Crippen LogP contribution in [0.25, 0.3) is 22.6 Å². The SMILES string of the molecule is COC(=O)C(C)(C)COc1cc(C)c(-c2ccc(-c3nc(C(F)(F)F)cn3COCCCCCCCCCCCC(C)(C)C)nc2)cn1. The number of imidazole rings is 1. The molecule has 0 bridgehead atoms. The van der Waals surface area contributed by atoms with Crippen LogP contribution in [0.2, 0.25) is 0 Å². The Morgan fingerprint density at radius 3 is 2.08 bits per heavy atom. The van der Waals surface area contributed by atoms with Crippen molar-refractivity contribution in [2.24, 2.45) is 10.8 Å². The molecule has 0 aliphatic rings. The number of carbonyl (C=O) groups is 1. The largest absolute Gasteiger partial charge is 0.476 e. The fourth-order valence-corrected chi connectivity index (χ4v) is 5.30. The van der Waals surface area contributed by atoms with E-state index in [1.54, 1.807) is 44.4 Å². The molecule has 48 heavy (non-hydrogen) atoms. The van der Waals surface area contributed by atoms with Gasteiger partial charge in [0.1, 0.15) is 19.0 Å². The van der Waals surface area contributed by atoms with Gasteiger partial charge in [-0.05, 0) is 50.7 Å². The zero-order valence-electron chi connectivity index (χ0n) is 29.7. The number of unbranched alkanes of at least 4 members (excludes halogenated alkanes) is 8. The lowest BCUT2D eigenvalue weighted by atomic mass is 9.89. The number of esters is 1. The second-order valence-corrected chi connectivity index (χ2v) is 14.4. The third-order valence-electron chi connectivity index (χ3n) is 8.22. The van der Waals surface area contributed by atoms with E-state index in [2.05, 4.69) is 35.7 Å². The van der Waals surface area contributed by atoms with Crippen LogP contribution in [0, 0.1) is 17.8 Å². The van der Waals surface area contributed by atoms with E-state index >= 15 is 0 Å². The van der Waals surface area contributed by atoms with Gasteiger partial charge in [-0.25, -0.2) is 9.97 Å². The molecule has 0 aliphatic carbocycles. The molecular weight excluding hydrogens is 621 g/mol. The number of ether oxygens (including phenoxy) is 3. The first kappa shape index (κ1) is 39.0. The maximum Gasteiger partial charge on any atom is 0.434 e. The summed E-state index contributed by atoms with van der Waals surface area (Å²) in [6, 6.07) is 5.17. The van der Waals surface area contributed by atoms with E-state index in [1.807, 2.05) is 6.92 Å². The van der Waals surface area contributed by atoms with Crippen LogP contribution in [0.4, 0.5) is 13.2 Å². The molecule has 11 heteroatoms. The number of halogens is 3. The first-order chi connectivity index (χ1) is 22.6. The van der Waals surface area contributed by atoms with Crippen molar-refractivity contribution in [3.63, 3.8) is 0 Å². The van der Waals surface area contributed by atoms with Gasteiger partial charge in [-0.2, -0.15) is 13.2 Å². The summed E-state index contributed by atoms with van der Waals surface area (Å²) in [5, 5.41) is 0. The van der Waals surface area contributed by atoms with Crippen LogP contribution < -0.4 is 4.74 Å². The topological polar surface area (TPSA) is 88.4 Å². The first-order valence-corrected chi connectivity index (χ1v) is 17.0. The fraction of sp³-hybridized carbons (Fsp3) is 0.622. The lowest BCUT2D eigenvalue weighted by Gasteiger charge is -2.21. The van der Waals surface area contributed by atoms with Crippen LogP contribution in [0.1, 0.15) is 110 Å². The van der Waals surface area contributed by atoms with Crippen LogP contribution in [0.3, 0.4) is 0 Å². The summed E-state index contributed by atoms with van der Waals surface area (Å²) >= 11 is 0. The Hall–Kier alpha value is -3.47. The smallest absolute Gasteiger partial charge is 0.434 e. The van der Waals surface area contributed by atoms with Gasteiger partial charge in [0.2, 0.25) is 5.88 Å². The number of aryl methyl sites for hydroxylation is 1. The molecule has 0 fully saturated rings. The molecule has 8 nitrogen and oxygen atoms in total. The Labute approximate surface area is 283 Å². The molecule has 0 aromatic carbocycles. The Balaban J connectivity index is 1.52. The molecule has 3 aromatic heterocycles. The van der Waals surface area contributed by atoms with Gasteiger partial charge in [0.05, 0.1) is 12.5 Å². The van der Waals surface area contributed by atoms with E-state index in [0.717, 1.165) is 42.1 Å². The highest BCUT2D eigenvalue weighted by molar-refractivity contribution is 5.76. The summed E-state index contributed by atoms with van der Waals surface area (Å²) < 4.78 is 58.4. The van der Waals surface area contributed by atoms with Crippen molar-refractivity contribution in [3.05, 3.63) is 48.0 Å². The molecule has 3 rings (SSSR count). The second-order valence-electron chi connectivity index (χ2n) is 14.4. The maximum absolute atomic E-state index is 13.6. The standard InChI is InChI=1S/C37H53F3N4O4/c1-27-21-32(48-25-36(5,6)34(45)46-7)42-23-29(27)28-17-18-30(41-22-28)33-43-31(37(38,39)40)24-44(33)26-47-20-16-14-12-10-8-9-11-13-15-19-35(2,3)4/h17-18,21-24H,8-16,19-20,25-26H2,1-7H3. The molecule has 0 amide bonds. The van der Waals surface area contributed by atoms with E-state index in [1.165, 1.54) is 56.6 Å². The van der Waals surface area contributed by atoms with Crippen molar-refractivity contribution in [1.82, 2.24) is 19.5 Å². The number of hydrogen-bond donors (Lipinski definition) is 0. The number of rotatable bonds is 19. The van der Waals surface area contributed by atoms with Crippen molar-refractivity contribution in [2.75, 3.05) is 20.3 Å². The molecule has 0 N–H and O–H groups in total. The minimum Gasteiger partial charge on any atom is -0.476 e. The zero-order valence-corrected chi connectivity index (χ0v) is 29.7. The molecular formula is C37H53F3N4O4. The quantitative estimate of drug-likeness (QED) is 0.0924. The van der Waals surface area contributed by atoms with E-state index in [0.29, 0.717) is 23.6 Å². The third-order valence-corrected chi connectivity index (χ3v) is 8.22. The molecule has 0 unspecified atom stereocenters. The number of nitrogens with zero attached hydrogens (tertiary/aromatic N) is 4. The van der Waals surface area contributed by atoms with Gasteiger partial charge in [-0.3, -0.25) is 9.78 Å². The van der Waals surface area contributed by atoms with Crippen molar-refractivity contribution in [2.45, 2.75) is 119 Å². The van der Waals surface area contributed by atoms with Gasteiger partial charge in [0, 0.05) is 42.4 Å². The summed E-state index contributed by atoms with van der Waals surface area (Å²) in [6.07, 6.45) is 11.5. The minimum atomic E-state index is -4.59. The molecule has 0 atom stereocenters. The molecule has 0 spiro atoms. The summed E-state index contributed by atoms with van der Waals surface area (Å²) in [7, 11) is 1.33.